The molecule has 0 radical (unpaired) electrons. The van der Waals surface area contributed by atoms with Gasteiger partial charge < -0.3 is 10.8 Å². The number of carbonyl (C=O) groups is 1. The Morgan fingerprint density at radius 2 is 2.27 bits per heavy atom. The minimum atomic E-state index is -1.11. The van der Waals surface area contributed by atoms with Gasteiger partial charge in [-0.25, -0.2) is 9.48 Å². The Morgan fingerprint density at radius 3 is 2.87 bits per heavy atom. The van der Waals surface area contributed by atoms with E-state index in [-0.39, 0.29) is 5.69 Å². The van der Waals surface area contributed by atoms with Crippen LogP contribution in [-0.4, -0.2) is 26.1 Å². The van der Waals surface area contributed by atoms with Crippen LogP contribution in [0, 0.1) is 0 Å². The summed E-state index contributed by atoms with van der Waals surface area (Å²) in [5.74, 6) is -1.11. The van der Waals surface area contributed by atoms with Crippen molar-refractivity contribution in [2.45, 2.75) is 0 Å². The number of nitrogens with zero attached hydrogens (tertiary/aromatic N) is 3. The average molecular weight is 204 g/mol. The molecule has 0 aliphatic rings. The van der Waals surface area contributed by atoms with Crippen molar-refractivity contribution in [3.05, 3.63) is 36.2 Å². The predicted octanol–water partition coefficient (Wildman–Crippen LogP) is 0.548. The van der Waals surface area contributed by atoms with E-state index in [4.69, 9.17) is 10.8 Å². The molecule has 0 saturated carbocycles. The summed E-state index contributed by atoms with van der Waals surface area (Å²) in [6.07, 6.45) is 1.33. The molecule has 6 nitrogen and oxygen atoms in total. The molecular weight excluding hydrogens is 196 g/mol. The number of rotatable bonds is 2. The van der Waals surface area contributed by atoms with E-state index in [2.05, 4.69) is 10.3 Å². The van der Waals surface area contributed by atoms with Crippen LogP contribution in [0.1, 0.15) is 10.5 Å². The maximum atomic E-state index is 10.6. The second-order valence-electron chi connectivity index (χ2n) is 2.95. The Hall–Kier alpha value is -2.37. The Kier molecular flexibility index (Phi) is 2.09. The van der Waals surface area contributed by atoms with Crippen LogP contribution in [0.2, 0.25) is 0 Å². The molecule has 6 heteroatoms. The molecule has 0 amide bonds. The largest absolute Gasteiger partial charge is 0.476 e. The third-order valence-corrected chi connectivity index (χ3v) is 1.85. The van der Waals surface area contributed by atoms with Crippen molar-refractivity contribution in [3.8, 4) is 5.69 Å². The van der Waals surface area contributed by atoms with Gasteiger partial charge >= 0.3 is 5.97 Å². The molecule has 0 aliphatic heterocycles. The zero-order valence-electron chi connectivity index (χ0n) is 7.66. The highest BCUT2D eigenvalue weighted by Crippen LogP contribution is 2.10. The lowest BCUT2D eigenvalue weighted by molar-refractivity contribution is 0.0690. The molecule has 0 unspecified atom stereocenters. The molecule has 0 atom stereocenters. The van der Waals surface area contributed by atoms with Gasteiger partial charge in [0.15, 0.2) is 5.69 Å². The van der Waals surface area contributed by atoms with Crippen molar-refractivity contribution in [2.24, 2.45) is 0 Å². The van der Waals surface area contributed by atoms with E-state index in [0.29, 0.717) is 11.4 Å². The molecule has 1 aromatic carbocycles. The number of hydrogen-bond acceptors (Lipinski definition) is 4. The van der Waals surface area contributed by atoms with Crippen LogP contribution in [0.5, 0.6) is 0 Å². The second kappa shape index (κ2) is 3.41. The summed E-state index contributed by atoms with van der Waals surface area (Å²) in [6.45, 7) is 0. The van der Waals surface area contributed by atoms with Gasteiger partial charge in [-0.05, 0) is 18.2 Å². The Labute approximate surface area is 84.9 Å². The summed E-state index contributed by atoms with van der Waals surface area (Å²) in [7, 11) is 0. The fourth-order valence-corrected chi connectivity index (χ4v) is 1.16. The monoisotopic (exact) mass is 204 g/mol. The second-order valence-corrected chi connectivity index (χ2v) is 2.95. The minimum absolute atomic E-state index is 0.0996. The molecule has 2 aromatic rings. The molecule has 3 N–H and O–H groups in total. The number of nitrogen functional groups attached to an aromatic ring is 1. The lowest BCUT2D eigenvalue weighted by Crippen LogP contribution is -1.96. The van der Waals surface area contributed by atoms with Crippen LogP contribution in [0.3, 0.4) is 0 Å². The standard InChI is InChI=1S/C9H8N4O2/c10-6-2-1-3-7(4-6)13-5-8(9(14)15)11-12-13/h1-5H,10H2,(H,14,15). The first-order valence-electron chi connectivity index (χ1n) is 4.18. The molecule has 76 valence electrons. The van der Waals surface area contributed by atoms with Gasteiger partial charge in [-0.1, -0.05) is 11.3 Å². The predicted molar refractivity (Wildman–Crippen MR) is 52.7 cm³/mol. The lowest BCUT2D eigenvalue weighted by atomic mass is 10.3. The summed E-state index contributed by atoms with van der Waals surface area (Å²) in [5.41, 5.74) is 6.74. The van der Waals surface area contributed by atoms with Gasteiger partial charge in [0, 0.05) is 5.69 Å². The molecule has 0 aliphatic carbocycles. The summed E-state index contributed by atoms with van der Waals surface area (Å²) in [4.78, 5) is 10.6. The van der Waals surface area contributed by atoms with Gasteiger partial charge in [-0.2, -0.15) is 0 Å². The average Bonchev–Trinajstić information content (AvgIpc) is 2.66. The van der Waals surface area contributed by atoms with Crippen LogP contribution in [0.4, 0.5) is 5.69 Å². The van der Waals surface area contributed by atoms with Crippen LogP contribution >= 0.6 is 0 Å². The molecule has 0 fully saturated rings. The van der Waals surface area contributed by atoms with E-state index in [0.717, 1.165) is 0 Å². The van der Waals surface area contributed by atoms with E-state index in [1.807, 2.05) is 0 Å². The summed E-state index contributed by atoms with van der Waals surface area (Å²) in [6, 6.07) is 6.93. The highest BCUT2D eigenvalue weighted by atomic mass is 16.4. The number of nitrogens with two attached hydrogens (primary N) is 1. The quantitative estimate of drug-likeness (QED) is 0.696. The van der Waals surface area contributed by atoms with Crippen molar-refractivity contribution in [2.75, 3.05) is 5.73 Å². The Bertz CT molecular complexity index is 506. The van der Waals surface area contributed by atoms with Crippen LogP contribution in [-0.2, 0) is 0 Å². The summed E-state index contributed by atoms with van der Waals surface area (Å²) < 4.78 is 1.36. The Balaban J connectivity index is 2.41. The minimum Gasteiger partial charge on any atom is -0.476 e. The maximum absolute atomic E-state index is 10.6. The molecule has 0 spiro atoms. The lowest BCUT2D eigenvalue weighted by Gasteiger charge is -1.99. The smallest absolute Gasteiger partial charge is 0.358 e. The van der Waals surface area contributed by atoms with Crippen LogP contribution < -0.4 is 5.73 Å². The Morgan fingerprint density at radius 1 is 1.47 bits per heavy atom. The number of benzene rings is 1. The van der Waals surface area contributed by atoms with Crippen LogP contribution in [0.25, 0.3) is 5.69 Å². The first-order chi connectivity index (χ1) is 7.16. The van der Waals surface area contributed by atoms with Crippen LogP contribution in [0.15, 0.2) is 30.5 Å². The molecule has 1 heterocycles. The van der Waals surface area contributed by atoms with Gasteiger partial charge in [-0.3, -0.25) is 0 Å². The zero-order chi connectivity index (χ0) is 10.8. The van der Waals surface area contributed by atoms with Crippen molar-refractivity contribution in [1.82, 2.24) is 15.0 Å². The highest BCUT2D eigenvalue weighted by Gasteiger charge is 2.08. The molecule has 1 aromatic heterocycles. The zero-order valence-corrected chi connectivity index (χ0v) is 7.66. The molecule has 15 heavy (non-hydrogen) atoms. The van der Waals surface area contributed by atoms with Gasteiger partial charge in [0.1, 0.15) is 0 Å². The topological polar surface area (TPSA) is 94.0 Å². The third-order valence-electron chi connectivity index (χ3n) is 1.85. The number of carboxylic acid groups (broad SMARTS) is 1. The van der Waals surface area contributed by atoms with E-state index < -0.39 is 5.97 Å². The van der Waals surface area contributed by atoms with Crippen molar-refractivity contribution >= 4 is 11.7 Å². The number of carboxylic acids is 1. The number of anilines is 1. The molecule has 0 saturated heterocycles. The van der Waals surface area contributed by atoms with Gasteiger partial charge in [0.05, 0.1) is 11.9 Å². The van der Waals surface area contributed by atoms with Crippen molar-refractivity contribution in [3.63, 3.8) is 0 Å². The number of aromatic nitrogens is 3. The number of hydrogen-bond donors (Lipinski definition) is 2. The van der Waals surface area contributed by atoms with Crippen molar-refractivity contribution in [1.29, 1.82) is 0 Å². The highest BCUT2D eigenvalue weighted by molar-refractivity contribution is 5.84. The van der Waals surface area contributed by atoms with Gasteiger partial charge in [-0.15, -0.1) is 5.10 Å². The van der Waals surface area contributed by atoms with Gasteiger partial charge in [0.25, 0.3) is 0 Å². The van der Waals surface area contributed by atoms with Crippen molar-refractivity contribution < 1.29 is 9.90 Å². The van der Waals surface area contributed by atoms with E-state index >= 15 is 0 Å². The normalized spacial score (nSPS) is 10.1. The first-order valence-corrected chi connectivity index (χ1v) is 4.18. The molecule has 2 rings (SSSR count). The fourth-order valence-electron chi connectivity index (χ4n) is 1.16. The third kappa shape index (κ3) is 1.78. The fraction of sp³-hybridized carbons (Fsp3) is 0. The first kappa shape index (κ1) is 9.20. The van der Waals surface area contributed by atoms with E-state index in [1.54, 1.807) is 24.3 Å². The summed E-state index contributed by atoms with van der Waals surface area (Å²) in [5, 5.41) is 15.8. The van der Waals surface area contributed by atoms with E-state index in [9.17, 15) is 4.79 Å². The molecular formula is C9H8N4O2. The number of aromatic carboxylic acids is 1. The van der Waals surface area contributed by atoms with E-state index in [1.165, 1.54) is 10.9 Å². The van der Waals surface area contributed by atoms with Gasteiger partial charge in [0.2, 0.25) is 0 Å². The SMILES string of the molecule is Nc1cccc(-n2cc(C(=O)O)nn2)c1. The maximum Gasteiger partial charge on any atom is 0.358 e. The summed E-state index contributed by atoms with van der Waals surface area (Å²) >= 11 is 0. The molecule has 0 bridgehead atoms.